The van der Waals surface area contributed by atoms with Gasteiger partial charge in [-0.15, -0.1) is 0 Å². The fourth-order valence-corrected chi connectivity index (χ4v) is 4.68. The SMILES string of the molecule is COC(=O)[C@H]1C(=O)NC(SCC(=O)Nc2ccc(Cl)c(C(F)(F)F)c2)=C(C#N)[C@@H]1c1ccc(C)cc1. The van der Waals surface area contributed by atoms with Crippen LogP contribution in [0.15, 0.2) is 53.1 Å². The summed E-state index contributed by atoms with van der Waals surface area (Å²) in [5.74, 6) is -4.82. The van der Waals surface area contributed by atoms with Crippen molar-refractivity contribution in [2.24, 2.45) is 5.92 Å². The number of hydrogen-bond donors (Lipinski definition) is 2. The molecule has 0 saturated heterocycles. The van der Waals surface area contributed by atoms with Crippen LogP contribution in [0.4, 0.5) is 18.9 Å². The molecule has 0 fully saturated rings. The molecule has 0 spiro atoms. The smallest absolute Gasteiger partial charge is 0.417 e. The number of rotatable bonds is 6. The predicted molar refractivity (Wildman–Crippen MR) is 128 cm³/mol. The van der Waals surface area contributed by atoms with Crippen LogP contribution >= 0.6 is 23.4 Å². The third kappa shape index (κ3) is 6.01. The zero-order chi connectivity index (χ0) is 26.6. The van der Waals surface area contributed by atoms with Crippen LogP contribution in [-0.4, -0.2) is 30.6 Å². The Labute approximate surface area is 213 Å². The Hall–Kier alpha value is -3.49. The average Bonchev–Trinajstić information content (AvgIpc) is 2.82. The fraction of sp³-hybridized carbons (Fsp3) is 0.250. The number of hydrogen-bond acceptors (Lipinski definition) is 6. The van der Waals surface area contributed by atoms with E-state index >= 15 is 0 Å². The first-order valence-electron chi connectivity index (χ1n) is 10.3. The first-order chi connectivity index (χ1) is 17.0. The monoisotopic (exact) mass is 537 g/mol. The van der Waals surface area contributed by atoms with E-state index in [0.29, 0.717) is 11.6 Å². The van der Waals surface area contributed by atoms with Gasteiger partial charge in [0.1, 0.15) is 5.92 Å². The van der Waals surface area contributed by atoms with Crippen molar-refractivity contribution >= 4 is 46.8 Å². The van der Waals surface area contributed by atoms with Gasteiger partial charge >= 0.3 is 12.1 Å². The van der Waals surface area contributed by atoms with Crippen LogP contribution < -0.4 is 10.6 Å². The number of anilines is 1. The highest BCUT2D eigenvalue weighted by Crippen LogP contribution is 2.40. The summed E-state index contributed by atoms with van der Waals surface area (Å²) in [7, 11) is 1.13. The number of ether oxygens (including phenoxy) is 1. The van der Waals surface area contributed by atoms with Crippen LogP contribution in [0.2, 0.25) is 5.02 Å². The van der Waals surface area contributed by atoms with Gasteiger partial charge in [0.25, 0.3) is 0 Å². The maximum Gasteiger partial charge on any atom is 0.417 e. The number of nitriles is 1. The fourth-order valence-electron chi connectivity index (χ4n) is 3.61. The molecule has 0 saturated carbocycles. The molecule has 36 heavy (non-hydrogen) atoms. The normalized spacial score (nSPS) is 17.8. The number of aryl methyl sites for hydroxylation is 1. The second-order valence-electron chi connectivity index (χ2n) is 7.76. The van der Waals surface area contributed by atoms with Crippen molar-refractivity contribution in [3.05, 3.63) is 74.8 Å². The molecule has 1 aliphatic heterocycles. The first kappa shape index (κ1) is 27.1. The average molecular weight is 538 g/mol. The van der Waals surface area contributed by atoms with Gasteiger partial charge in [0.2, 0.25) is 11.8 Å². The lowest BCUT2D eigenvalue weighted by atomic mass is 9.78. The summed E-state index contributed by atoms with van der Waals surface area (Å²) in [6.45, 7) is 1.86. The summed E-state index contributed by atoms with van der Waals surface area (Å²) >= 11 is 6.41. The Morgan fingerprint density at radius 2 is 1.89 bits per heavy atom. The number of benzene rings is 2. The van der Waals surface area contributed by atoms with Gasteiger partial charge in [0, 0.05) is 11.6 Å². The van der Waals surface area contributed by atoms with E-state index < -0.39 is 46.4 Å². The number of allylic oxidation sites excluding steroid dienone is 1. The van der Waals surface area contributed by atoms with Gasteiger partial charge in [-0.05, 0) is 30.7 Å². The minimum atomic E-state index is -4.70. The third-order valence-corrected chi connectivity index (χ3v) is 6.67. The topological polar surface area (TPSA) is 108 Å². The van der Waals surface area contributed by atoms with E-state index in [2.05, 4.69) is 10.6 Å². The molecule has 2 amide bonds. The van der Waals surface area contributed by atoms with Gasteiger partial charge in [0.15, 0.2) is 0 Å². The minimum absolute atomic E-state index is 0.0532. The standard InChI is InChI=1S/C24H19ClF3N3O4S/c1-12-3-5-13(6-4-12)19-15(10-29)22(31-21(33)20(19)23(34)35-2)36-11-18(32)30-14-7-8-17(25)16(9-14)24(26,27)28/h3-9,19-20H,11H2,1-2H3,(H,30,32)(H,31,33)/t19-,20+/m0/s1. The summed E-state index contributed by atoms with van der Waals surface area (Å²) in [5, 5.41) is 14.3. The highest BCUT2D eigenvalue weighted by atomic mass is 35.5. The van der Waals surface area contributed by atoms with Gasteiger partial charge in [-0.25, -0.2) is 0 Å². The Morgan fingerprint density at radius 1 is 1.22 bits per heavy atom. The quantitative estimate of drug-likeness (QED) is 0.406. The summed E-state index contributed by atoms with van der Waals surface area (Å²) in [6, 6.07) is 11.9. The van der Waals surface area contributed by atoms with E-state index in [-0.39, 0.29) is 22.0 Å². The van der Waals surface area contributed by atoms with Crippen LogP contribution in [0.3, 0.4) is 0 Å². The van der Waals surface area contributed by atoms with Crippen LogP contribution in [0.5, 0.6) is 0 Å². The van der Waals surface area contributed by atoms with Crippen LogP contribution in [0.1, 0.15) is 22.6 Å². The first-order valence-corrected chi connectivity index (χ1v) is 11.7. The van der Waals surface area contributed by atoms with Crippen molar-refractivity contribution in [3.63, 3.8) is 0 Å². The lowest BCUT2D eigenvalue weighted by Gasteiger charge is -2.31. The highest BCUT2D eigenvalue weighted by molar-refractivity contribution is 8.03. The number of carbonyl (C=O) groups excluding carboxylic acids is 3. The van der Waals surface area contributed by atoms with Gasteiger partial charge in [-0.2, -0.15) is 18.4 Å². The van der Waals surface area contributed by atoms with E-state index in [1.54, 1.807) is 24.3 Å². The maximum atomic E-state index is 13.1. The molecule has 3 rings (SSSR count). The van der Waals surface area contributed by atoms with E-state index in [0.717, 1.165) is 30.5 Å². The van der Waals surface area contributed by atoms with Crippen molar-refractivity contribution in [2.45, 2.75) is 19.0 Å². The number of halogens is 4. The van der Waals surface area contributed by atoms with E-state index in [4.69, 9.17) is 16.3 Å². The molecule has 0 aromatic heterocycles. The Balaban J connectivity index is 1.86. The van der Waals surface area contributed by atoms with Crippen molar-refractivity contribution < 1.29 is 32.3 Å². The minimum Gasteiger partial charge on any atom is -0.468 e. The molecular formula is C24H19ClF3N3O4S. The molecule has 0 aliphatic carbocycles. The maximum absolute atomic E-state index is 13.1. The molecule has 2 aromatic carbocycles. The molecule has 0 radical (unpaired) electrons. The molecular weight excluding hydrogens is 519 g/mol. The van der Waals surface area contributed by atoms with Crippen molar-refractivity contribution in [1.29, 1.82) is 5.26 Å². The van der Waals surface area contributed by atoms with Crippen LogP contribution in [0.25, 0.3) is 0 Å². The number of esters is 1. The van der Waals surface area contributed by atoms with E-state index in [1.165, 1.54) is 6.07 Å². The van der Waals surface area contributed by atoms with Crippen LogP contribution in [-0.2, 0) is 25.3 Å². The molecule has 12 heteroatoms. The number of thioether (sulfide) groups is 1. The number of amides is 2. The summed E-state index contributed by atoms with van der Waals surface area (Å²) in [4.78, 5) is 37.7. The number of carbonyl (C=O) groups is 3. The second kappa shape index (κ2) is 11.1. The molecule has 1 heterocycles. The molecule has 7 nitrogen and oxygen atoms in total. The van der Waals surface area contributed by atoms with Gasteiger partial charge in [0.05, 0.1) is 40.1 Å². The van der Waals surface area contributed by atoms with Gasteiger partial charge < -0.3 is 15.4 Å². The van der Waals surface area contributed by atoms with Gasteiger partial charge in [-0.1, -0.05) is 53.2 Å². The zero-order valence-electron chi connectivity index (χ0n) is 18.9. The predicted octanol–water partition coefficient (Wildman–Crippen LogP) is 4.78. The van der Waals surface area contributed by atoms with Crippen molar-refractivity contribution in [2.75, 3.05) is 18.2 Å². The van der Waals surface area contributed by atoms with E-state index in [1.807, 2.05) is 13.0 Å². The molecule has 1 aliphatic rings. The van der Waals surface area contributed by atoms with Crippen molar-refractivity contribution in [3.8, 4) is 6.07 Å². The number of nitrogens with one attached hydrogen (secondary N) is 2. The zero-order valence-corrected chi connectivity index (χ0v) is 20.5. The van der Waals surface area contributed by atoms with Gasteiger partial charge in [-0.3, -0.25) is 14.4 Å². The number of nitrogens with zero attached hydrogens (tertiary/aromatic N) is 1. The largest absolute Gasteiger partial charge is 0.468 e. The molecule has 0 unspecified atom stereocenters. The highest BCUT2D eigenvalue weighted by Gasteiger charge is 2.44. The molecule has 188 valence electrons. The Kier molecular flexibility index (Phi) is 8.32. The number of alkyl halides is 3. The summed E-state index contributed by atoms with van der Waals surface area (Å²) in [5.41, 5.74) is 0.294. The lowest BCUT2D eigenvalue weighted by Crippen LogP contribution is -2.44. The second-order valence-corrected chi connectivity index (χ2v) is 9.16. The molecule has 2 atom stereocenters. The molecule has 0 bridgehead atoms. The summed E-state index contributed by atoms with van der Waals surface area (Å²) in [6.07, 6.45) is -4.70. The van der Waals surface area contributed by atoms with E-state index in [9.17, 15) is 32.8 Å². The Morgan fingerprint density at radius 3 is 2.47 bits per heavy atom. The van der Waals surface area contributed by atoms with Crippen molar-refractivity contribution in [1.82, 2.24) is 5.32 Å². The summed E-state index contributed by atoms with van der Waals surface area (Å²) < 4.78 is 44.0. The van der Waals surface area contributed by atoms with Crippen LogP contribution in [0, 0.1) is 24.2 Å². The molecule has 2 aromatic rings. The third-order valence-electron chi connectivity index (χ3n) is 5.32. The molecule has 2 N–H and O–H groups in total. The lowest BCUT2D eigenvalue weighted by molar-refractivity contribution is -0.150. The number of methoxy groups -OCH3 is 1. The Bertz CT molecular complexity index is 1270.